The Kier molecular flexibility index (Phi) is 4.40. The van der Waals surface area contributed by atoms with E-state index in [0.717, 1.165) is 12.0 Å². The minimum absolute atomic E-state index is 0.110. The maximum atomic E-state index is 13.0. The van der Waals surface area contributed by atoms with Crippen LogP contribution in [0.4, 0.5) is 0 Å². The van der Waals surface area contributed by atoms with Gasteiger partial charge in [-0.2, -0.15) is 15.0 Å². The van der Waals surface area contributed by atoms with Crippen LogP contribution in [0.3, 0.4) is 0 Å². The van der Waals surface area contributed by atoms with E-state index in [1.54, 1.807) is 17.3 Å². The molecule has 1 saturated heterocycles. The number of amides is 1. The largest absolute Gasteiger partial charge is 0.357 e. The molecule has 1 aliphatic heterocycles. The van der Waals surface area contributed by atoms with E-state index in [9.17, 15) is 4.79 Å². The molecule has 1 atom stereocenters. The first kappa shape index (κ1) is 15.0. The Bertz CT molecular complexity index is 660. The number of alkyl halides is 1. The standard InChI is InChI=1S/C15H17ClN4O2/c1-11-3-4-13(20-17-5-6-18-20)12(9-11)15(21)19-7-2-8-22-14(19)10-16/h3-6,9,14H,2,7-8,10H2,1H3. The second-order valence-corrected chi connectivity index (χ2v) is 5.48. The van der Waals surface area contributed by atoms with Crippen LogP contribution >= 0.6 is 11.6 Å². The third kappa shape index (κ3) is 2.84. The summed E-state index contributed by atoms with van der Waals surface area (Å²) in [6, 6.07) is 5.63. The van der Waals surface area contributed by atoms with Gasteiger partial charge in [-0.3, -0.25) is 4.79 Å². The summed E-state index contributed by atoms with van der Waals surface area (Å²) in [4.78, 5) is 16.1. The molecule has 22 heavy (non-hydrogen) atoms. The minimum atomic E-state index is -0.387. The molecule has 1 aromatic heterocycles. The summed E-state index contributed by atoms with van der Waals surface area (Å²) in [5, 5.41) is 8.24. The van der Waals surface area contributed by atoms with Crippen LogP contribution in [-0.2, 0) is 4.74 Å². The van der Waals surface area contributed by atoms with E-state index in [1.807, 2.05) is 25.1 Å². The van der Waals surface area contributed by atoms with Gasteiger partial charge in [-0.15, -0.1) is 11.6 Å². The average Bonchev–Trinajstić information content (AvgIpc) is 3.08. The van der Waals surface area contributed by atoms with E-state index >= 15 is 0 Å². The smallest absolute Gasteiger partial charge is 0.258 e. The maximum absolute atomic E-state index is 13.0. The van der Waals surface area contributed by atoms with Crippen molar-refractivity contribution in [2.24, 2.45) is 0 Å². The lowest BCUT2D eigenvalue weighted by Crippen LogP contribution is -2.47. The molecular formula is C15H17ClN4O2. The average molecular weight is 321 g/mol. The fraction of sp³-hybridized carbons (Fsp3) is 0.400. The number of carbonyl (C=O) groups is 1. The molecule has 1 amide bonds. The van der Waals surface area contributed by atoms with Crippen LogP contribution in [0.2, 0.25) is 0 Å². The van der Waals surface area contributed by atoms with Crippen molar-refractivity contribution in [2.45, 2.75) is 19.6 Å². The predicted octanol–water partition coefficient (Wildman–Crippen LogP) is 2.00. The second kappa shape index (κ2) is 6.46. The van der Waals surface area contributed by atoms with Crippen LogP contribution in [0.15, 0.2) is 30.6 Å². The van der Waals surface area contributed by atoms with Crippen LogP contribution < -0.4 is 0 Å². The molecule has 2 aromatic rings. The van der Waals surface area contributed by atoms with Crippen molar-refractivity contribution in [3.8, 4) is 5.69 Å². The van der Waals surface area contributed by atoms with Gasteiger partial charge < -0.3 is 9.64 Å². The zero-order valence-electron chi connectivity index (χ0n) is 12.3. The van der Waals surface area contributed by atoms with Gasteiger partial charge in [-0.05, 0) is 25.5 Å². The van der Waals surface area contributed by atoms with Crippen LogP contribution in [0, 0.1) is 6.92 Å². The number of rotatable bonds is 3. The Morgan fingerprint density at radius 3 is 2.91 bits per heavy atom. The number of nitrogens with zero attached hydrogens (tertiary/aromatic N) is 4. The fourth-order valence-corrected chi connectivity index (χ4v) is 2.79. The molecule has 1 aromatic carbocycles. The minimum Gasteiger partial charge on any atom is -0.357 e. The summed E-state index contributed by atoms with van der Waals surface area (Å²) in [6.45, 7) is 3.21. The lowest BCUT2D eigenvalue weighted by atomic mass is 10.1. The van der Waals surface area contributed by atoms with Gasteiger partial charge in [0.05, 0.1) is 36.1 Å². The number of aromatic nitrogens is 3. The Morgan fingerprint density at radius 2 is 2.18 bits per heavy atom. The number of halogens is 1. The Morgan fingerprint density at radius 1 is 1.41 bits per heavy atom. The van der Waals surface area contributed by atoms with Crippen molar-refractivity contribution < 1.29 is 9.53 Å². The van der Waals surface area contributed by atoms with Crippen molar-refractivity contribution >= 4 is 17.5 Å². The molecule has 1 aliphatic rings. The highest BCUT2D eigenvalue weighted by molar-refractivity contribution is 6.18. The van der Waals surface area contributed by atoms with Gasteiger partial charge in [0.2, 0.25) is 0 Å². The van der Waals surface area contributed by atoms with Gasteiger partial charge in [-0.25, -0.2) is 0 Å². The van der Waals surface area contributed by atoms with Crippen molar-refractivity contribution in [3.63, 3.8) is 0 Å². The van der Waals surface area contributed by atoms with Gasteiger partial charge in [0.15, 0.2) is 0 Å². The third-order valence-electron chi connectivity index (χ3n) is 3.61. The van der Waals surface area contributed by atoms with Crippen LogP contribution in [0.25, 0.3) is 5.69 Å². The summed E-state index contributed by atoms with van der Waals surface area (Å²) < 4.78 is 5.58. The molecule has 0 aliphatic carbocycles. The lowest BCUT2D eigenvalue weighted by Gasteiger charge is -2.34. The summed E-state index contributed by atoms with van der Waals surface area (Å²) >= 11 is 5.93. The molecule has 0 bridgehead atoms. The predicted molar refractivity (Wildman–Crippen MR) is 82.2 cm³/mol. The van der Waals surface area contributed by atoms with E-state index < -0.39 is 0 Å². The second-order valence-electron chi connectivity index (χ2n) is 5.17. The van der Waals surface area contributed by atoms with E-state index in [-0.39, 0.29) is 18.0 Å². The fourth-order valence-electron chi connectivity index (χ4n) is 2.54. The molecule has 0 spiro atoms. The number of hydrogen-bond donors (Lipinski definition) is 0. The molecule has 3 rings (SSSR count). The van der Waals surface area contributed by atoms with Gasteiger partial charge in [0, 0.05) is 6.54 Å². The molecule has 0 radical (unpaired) electrons. The van der Waals surface area contributed by atoms with Crippen molar-refractivity contribution in [1.82, 2.24) is 19.9 Å². The van der Waals surface area contributed by atoms with E-state index in [2.05, 4.69) is 10.2 Å². The summed E-state index contributed by atoms with van der Waals surface area (Å²) in [6.07, 6.45) is 3.58. The normalized spacial score (nSPS) is 18.5. The number of ether oxygens (including phenoxy) is 1. The summed E-state index contributed by atoms with van der Waals surface area (Å²) in [5.74, 6) is 0.147. The molecule has 6 nitrogen and oxygen atoms in total. The molecule has 1 fully saturated rings. The van der Waals surface area contributed by atoms with Crippen LogP contribution in [-0.4, -0.2) is 51.1 Å². The number of aryl methyl sites for hydroxylation is 1. The quantitative estimate of drug-likeness (QED) is 0.812. The van der Waals surface area contributed by atoms with E-state index in [4.69, 9.17) is 16.3 Å². The Balaban J connectivity index is 1.99. The molecule has 116 valence electrons. The van der Waals surface area contributed by atoms with E-state index in [1.165, 1.54) is 4.80 Å². The van der Waals surface area contributed by atoms with Crippen molar-refractivity contribution in [3.05, 3.63) is 41.7 Å². The molecule has 2 heterocycles. The molecule has 0 N–H and O–H groups in total. The number of carbonyl (C=O) groups excluding carboxylic acids is 1. The Labute approximate surface area is 133 Å². The lowest BCUT2D eigenvalue weighted by molar-refractivity contribution is -0.0641. The van der Waals surface area contributed by atoms with Crippen molar-refractivity contribution in [1.29, 1.82) is 0 Å². The highest BCUT2D eigenvalue weighted by Crippen LogP contribution is 2.21. The molecular weight excluding hydrogens is 304 g/mol. The summed E-state index contributed by atoms with van der Waals surface area (Å²) in [7, 11) is 0. The zero-order valence-corrected chi connectivity index (χ0v) is 13.0. The van der Waals surface area contributed by atoms with Gasteiger partial charge in [-0.1, -0.05) is 11.6 Å². The third-order valence-corrected chi connectivity index (χ3v) is 3.87. The number of benzene rings is 1. The first-order valence-electron chi connectivity index (χ1n) is 7.16. The topological polar surface area (TPSA) is 60.2 Å². The SMILES string of the molecule is Cc1ccc(-n2nccn2)c(C(=O)N2CCCOC2CCl)c1. The van der Waals surface area contributed by atoms with Crippen LogP contribution in [0.1, 0.15) is 22.3 Å². The molecule has 1 unspecified atom stereocenters. The van der Waals surface area contributed by atoms with Crippen molar-refractivity contribution in [2.75, 3.05) is 19.0 Å². The highest BCUT2D eigenvalue weighted by atomic mass is 35.5. The van der Waals surface area contributed by atoms with Gasteiger partial charge in [0.25, 0.3) is 5.91 Å². The Hall–Kier alpha value is -1.92. The molecule has 7 heteroatoms. The van der Waals surface area contributed by atoms with Gasteiger partial charge >= 0.3 is 0 Å². The zero-order chi connectivity index (χ0) is 15.5. The van der Waals surface area contributed by atoms with Gasteiger partial charge in [0.1, 0.15) is 6.23 Å². The summed E-state index contributed by atoms with van der Waals surface area (Å²) in [5.41, 5.74) is 2.20. The molecule has 0 saturated carbocycles. The first-order chi connectivity index (χ1) is 10.7. The first-order valence-corrected chi connectivity index (χ1v) is 7.70. The van der Waals surface area contributed by atoms with Crippen LogP contribution in [0.5, 0.6) is 0 Å². The maximum Gasteiger partial charge on any atom is 0.258 e. The number of hydrogen-bond acceptors (Lipinski definition) is 4. The van der Waals surface area contributed by atoms with E-state index in [0.29, 0.717) is 24.4 Å². The highest BCUT2D eigenvalue weighted by Gasteiger charge is 2.29. The monoisotopic (exact) mass is 320 g/mol.